The average Bonchev–Trinajstić information content (AvgIpc) is 3.06. The molecule has 1 atom stereocenters. The van der Waals surface area contributed by atoms with Crippen molar-refractivity contribution < 1.29 is 32.7 Å². The van der Waals surface area contributed by atoms with Crippen molar-refractivity contribution in [2.45, 2.75) is 39.9 Å². The highest BCUT2D eigenvalue weighted by Gasteiger charge is 2.34. The number of rotatable bonds is 4. The Kier molecular flexibility index (Phi) is 6.62. The fraction of sp³-hybridized carbons (Fsp3) is 0.368. The van der Waals surface area contributed by atoms with E-state index < -0.39 is 52.1 Å². The molecule has 0 saturated carbocycles. The molecule has 1 aromatic heterocycles. The summed E-state index contributed by atoms with van der Waals surface area (Å²) < 4.78 is 40.3. The number of benzene rings is 1. The predicted octanol–water partition coefficient (Wildman–Crippen LogP) is 1.91. The topological polar surface area (TPSA) is 125 Å². The summed E-state index contributed by atoms with van der Waals surface area (Å²) in [7, 11) is 0. The van der Waals surface area contributed by atoms with Gasteiger partial charge in [0, 0.05) is 5.41 Å². The number of nitrogens with zero attached hydrogens (tertiary/aromatic N) is 2. The van der Waals surface area contributed by atoms with Crippen LogP contribution in [0.5, 0.6) is 5.75 Å². The van der Waals surface area contributed by atoms with E-state index in [9.17, 15) is 32.7 Å². The van der Waals surface area contributed by atoms with Crippen LogP contribution in [0.3, 0.4) is 0 Å². The van der Waals surface area contributed by atoms with Crippen molar-refractivity contribution in [2.24, 2.45) is 5.41 Å². The van der Waals surface area contributed by atoms with Crippen molar-refractivity contribution >= 4 is 17.7 Å². The van der Waals surface area contributed by atoms with Crippen molar-refractivity contribution in [1.29, 1.82) is 0 Å². The molecule has 1 heterocycles. The Morgan fingerprint density at radius 3 is 2.29 bits per heavy atom. The third-order valence-corrected chi connectivity index (χ3v) is 4.09. The molecule has 0 aliphatic carbocycles. The molecule has 0 aliphatic rings. The number of nitrogens with one attached hydrogen (secondary N) is 3. The Balaban J connectivity index is 2.11. The molecule has 0 radical (unpaired) electrons. The number of hydrogen-bond acceptors (Lipinski definition) is 5. The second kappa shape index (κ2) is 8.66. The summed E-state index contributed by atoms with van der Waals surface area (Å²) in [6, 6.07) is 3.51. The van der Waals surface area contributed by atoms with Gasteiger partial charge in [-0.25, -0.2) is 4.68 Å². The molecule has 3 amide bonds. The number of amides is 3. The fourth-order valence-electron chi connectivity index (χ4n) is 2.33. The van der Waals surface area contributed by atoms with Gasteiger partial charge < -0.3 is 10.4 Å². The standard InChI is InChI=1S/C19H22F3N5O4/c1-10(23-17(31)18(2,3)4)15(29)24-25-16(30)14-13(28)9-27(26-14)12-8-6-5-7-11(12)19(20,21)22/h5-10,28H,1-4H3,(H,23,31)(H,24,29)(H,25,30)/t10-/m0/s1. The molecule has 4 N–H and O–H groups in total. The van der Waals surface area contributed by atoms with Gasteiger partial charge in [0.15, 0.2) is 11.4 Å². The number of aromatic hydroxyl groups is 1. The lowest BCUT2D eigenvalue weighted by Crippen LogP contribution is -2.52. The molecule has 0 unspecified atom stereocenters. The number of para-hydroxylation sites is 1. The second-order valence-corrected chi connectivity index (χ2v) is 7.71. The molecule has 9 nitrogen and oxygen atoms in total. The van der Waals surface area contributed by atoms with E-state index in [1.54, 1.807) is 20.8 Å². The minimum absolute atomic E-state index is 0.388. The van der Waals surface area contributed by atoms with Crippen LogP contribution in [0.15, 0.2) is 30.5 Å². The summed E-state index contributed by atoms with van der Waals surface area (Å²) in [5.41, 5.74) is 1.30. The van der Waals surface area contributed by atoms with Crippen LogP contribution in [0.25, 0.3) is 5.69 Å². The molecule has 12 heteroatoms. The minimum Gasteiger partial charge on any atom is -0.504 e. The first-order valence-corrected chi connectivity index (χ1v) is 9.08. The van der Waals surface area contributed by atoms with E-state index in [1.807, 2.05) is 5.43 Å². The molecule has 0 spiro atoms. The molecule has 1 aromatic carbocycles. The molecule has 0 aliphatic heterocycles. The smallest absolute Gasteiger partial charge is 0.418 e. The van der Waals surface area contributed by atoms with Gasteiger partial charge in [0.1, 0.15) is 6.04 Å². The van der Waals surface area contributed by atoms with Gasteiger partial charge in [0.2, 0.25) is 5.91 Å². The number of hydrazine groups is 1. The Bertz CT molecular complexity index is 995. The van der Waals surface area contributed by atoms with Crippen molar-refractivity contribution in [3.05, 3.63) is 41.7 Å². The number of halogens is 3. The van der Waals surface area contributed by atoms with Gasteiger partial charge in [-0.1, -0.05) is 32.9 Å². The molecule has 0 bridgehead atoms. The van der Waals surface area contributed by atoms with Crippen molar-refractivity contribution in [3.63, 3.8) is 0 Å². The Labute approximate surface area is 175 Å². The van der Waals surface area contributed by atoms with Crippen LogP contribution < -0.4 is 16.2 Å². The SMILES string of the molecule is C[C@H](NC(=O)C(C)(C)C)C(=O)NNC(=O)c1nn(-c2ccccc2C(F)(F)F)cc1O. The maximum Gasteiger partial charge on any atom is 0.418 e. The van der Waals surface area contributed by atoms with E-state index in [1.165, 1.54) is 19.1 Å². The molecule has 2 rings (SSSR count). The highest BCUT2D eigenvalue weighted by atomic mass is 19.4. The quantitative estimate of drug-likeness (QED) is 0.540. The van der Waals surface area contributed by atoms with E-state index in [-0.39, 0.29) is 5.91 Å². The average molecular weight is 441 g/mol. The van der Waals surface area contributed by atoms with Crippen LogP contribution in [0.4, 0.5) is 13.2 Å². The van der Waals surface area contributed by atoms with E-state index in [2.05, 4.69) is 15.8 Å². The highest BCUT2D eigenvalue weighted by Crippen LogP contribution is 2.34. The molecular weight excluding hydrogens is 419 g/mol. The summed E-state index contributed by atoms with van der Waals surface area (Å²) in [5.74, 6) is -2.91. The van der Waals surface area contributed by atoms with Crippen LogP contribution in [0, 0.1) is 5.41 Å². The maximum atomic E-state index is 13.2. The van der Waals surface area contributed by atoms with Crippen LogP contribution in [-0.4, -0.2) is 38.7 Å². The molecule has 0 saturated heterocycles. The first-order chi connectivity index (χ1) is 14.2. The van der Waals surface area contributed by atoms with Crippen LogP contribution in [-0.2, 0) is 15.8 Å². The third-order valence-electron chi connectivity index (χ3n) is 4.09. The third kappa shape index (κ3) is 5.74. The molecular formula is C19H22F3N5O4. The van der Waals surface area contributed by atoms with E-state index in [4.69, 9.17) is 0 Å². The first kappa shape index (κ1) is 23.7. The van der Waals surface area contributed by atoms with Crippen LogP contribution >= 0.6 is 0 Å². The van der Waals surface area contributed by atoms with Crippen molar-refractivity contribution in [1.82, 2.24) is 25.9 Å². The van der Waals surface area contributed by atoms with Crippen LogP contribution in [0.2, 0.25) is 0 Å². The zero-order valence-corrected chi connectivity index (χ0v) is 17.2. The molecule has 168 valence electrons. The fourth-order valence-corrected chi connectivity index (χ4v) is 2.33. The van der Waals surface area contributed by atoms with Gasteiger partial charge in [-0.2, -0.15) is 18.3 Å². The van der Waals surface area contributed by atoms with Crippen molar-refractivity contribution in [3.8, 4) is 11.4 Å². The molecule has 2 aromatic rings. The largest absolute Gasteiger partial charge is 0.504 e. The monoisotopic (exact) mass is 441 g/mol. The Hall–Kier alpha value is -3.57. The second-order valence-electron chi connectivity index (χ2n) is 7.71. The van der Waals surface area contributed by atoms with Gasteiger partial charge in [0.25, 0.3) is 11.8 Å². The van der Waals surface area contributed by atoms with Crippen molar-refractivity contribution in [2.75, 3.05) is 0 Å². The van der Waals surface area contributed by atoms with Crippen LogP contribution in [0.1, 0.15) is 43.7 Å². The normalized spacial score (nSPS) is 12.7. The zero-order valence-electron chi connectivity index (χ0n) is 17.2. The highest BCUT2D eigenvalue weighted by molar-refractivity contribution is 5.97. The van der Waals surface area contributed by atoms with Gasteiger partial charge in [-0.15, -0.1) is 0 Å². The number of hydrogen-bond donors (Lipinski definition) is 4. The van der Waals surface area contributed by atoms with E-state index in [0.29, 0.717) is 4.68 Å². The maximum absolute atomic E-state index is 13.2. The summed E-state index contributed by atoms with van der Waals surface area (Å²) in [4.78, 5) is 36.2. The summed E-state index contributed by atoms with van der Waals surface area (Å²) in [6.45, 7) is 6.37. The minimum atomic E-state index is -4.68. The number of carbonyl (C=O) groups excluding carboxylic acids is 3. The van der Waals surface area contributed by atoms with Gasteiger partial charge in [0.05, 0.1) is 17.4 Å². The lowest BCUT2D eigenvalue weighted by Gasteiger charge is -2.21. The molecule has 31 heavy (non-hydrogen) atoms. The lowest BCUT2D eigenvalue weighted by atomic mass is 9.95. The number of carbonyl (C=O) groups is 3. The lowest BCUT2D eigenvalue weighted by molar-refractivity contribution is -0.137. The summed E-state index contributed by atoms with van der Waals surface area (Å²) in [5, 5.41) is 16.1. The summed E-state index contributed by atoms with van der Waals surface area (Å²) >= 11 is 0. The first-order valence-electron chi connectivity index (χ1n) is 9.08. The van der Waals surface area contributed by atoms with Gasteiger partial charge >= 0.3 is 6.18 Å². The number of aromatic nitrogens is 2. The zero-order chi connectivity index (χ0) is 23.6. The molecule has 0 fully saturated rings. The predicted molar refractivity (Wildman–Crippen MR) is 103 cm³/mol. The Morgan fingerprint density at radius 1 is 1.10 bits per heavy atom. The van der Waals surface area contributed by atoms with E-state index >= 15 is 0 Å². The number of alkyl halides is 3. The summed E-state index contributed by atoms with van der Waals surface area (Å²) in [6.07, 6.45) is -3.84. The van der Waals surface area contributed by atoms with Gasteiger partial charge in [-0.05, 0) is 19.1 Å². The van der Waals surface area contributed by atoms with E-state index in [0.717, 1.165) is 18.3 Å². The van der Waals surface area contributed by atoms with Gasteiger partial charge in [-0.3, -0.25) is 25.2 Å². The Morgan fingerprint density at radius 2 is 1.71 bits per heavy atom.